The van der Waals surface area contributed by atoms with E-state index in [1.54, 1.807) is 25.1 Å². The van der Waals surface area contributed by atoms with E-state index in [0.29, 0.717) is 23.1 Å². The van der Waals surface area contributed by atoms with E-state index in [1.165, 1.54) is 6.07 Å². The monoisotopic (exact) mass is 207 g/mol. The Balaban J connectivity index is 3.45. The first-order valence-corrected chi connectivity index (χ1v) is 4.33. The molecule has 0 unspecified atom stereocenters. The van der Waals surface area contributed by atoms with Gasteiger partial charge in [0.15, 0.2) is 6.29 Å². The van der Waals surface area contributed by atoms with Crippen LogP contribution in [0.2, 0.25) is 0 Å². The van der Waals surface area contributed by atoms with Crippen LogP contribution in [0.25, 0.3) is 0 Å². The molecule has 0 aliphatic carbocycles. The molecule has 5 heteroatoms. The van der Waals surface area contributed by atoms with Crippen molar-refractivity contribution in [3.8, 4) is 0 Å². The number of anilines is 2. The molecule has 0 aliphatic rings. The number of hydrogen-bond acceptors (Lipinski definition) is 4. The van der Waals surface area contributed by atoms with Crippen LogP contribution in [0.5, 0.6) is 0 Å². The highest BCUT2D eigenvalue weighted by molar-refractivity contribution is 6.01. The average Bonchev–Trinajstić information content (AvgIpc) is 2.16. The van der Waals surface area contributed by atoms with Crippen LogP contribution in [-0.4, -0.2) is 26.3 Å². The standard InChI is InChI=1S/C10H13N3O2/c1-13(2)9-3-6(5-14)8(11)4-7(9)10(12)15/h3-5H,11H2,1-2H3,(H2,12,15). The fraction of sp³-hybridized carbons (Fsp3) is 0.200. The topological polar surface area (TPSA) is 89.4 Å². The summed E-state index contributed by atoms with van der Waals surface area (Å²) in [7, 11) is 3.51. The highest BCUT2D eigenvalue weighted by Gasteiger charge is 2.13. The molecule has 1 aromatic carbocycles. The zero-order valence-corrected chi connectivity index (χ0v) is 8.65. The van der Waals surface area contributed by atoms with Gasteiger partial charge < -0.3 is 16.4 Å². The molecule has 0 heterocycles. The Morgan fingerprint density at radius 2 is 2.00 bits per heavy atom. The number of benzene rings is 1. The number of nitrogen functional groups attached to an aromatic ring is 1. The predicted molar refractivity (Wildman–Crippen MR) is 59.1 cm³/mol. The summed E-state index contributed by atoms with van der Waals surface area (Å²) in [5.74, 6) is -0.567. The third kappa shape index (κ3) is 2.07. The van der Waals surface area contributed by atoms with Crippen molar-refractivity contribution in [3.05, 3.63) is 23.3 Å². The molecule has 0 radical (unpaired) electrons. The van der Waals surface area contributed by atoms with Crippen LogP contribution in [0.4, 0.5) is 11.4 Å². The van der Waals surface area contributed by atoms with E-state index < -0.39 is 5.91 Å². The van der Waals surface area contributed by atoms with Crippen molar-refractivity contribution in [2.45, 2.75) is 0 Å². The van der Waals surface area contributed by atoms with Crippen molar-refractivity contribution in [1.82, 2.24) is 0 Å². The lowest BCUT2D eigenvalue weighted by Gasteiger charge is -2.17. The third-order valence-corrected chi connectivity index (χ3v) is 2.08. The SMILES string of the molecule is CN(C)c1cc(C=O)c(N)cc1C(N)=O. The Morgan fingerprint density at radius 1 is 1.40 bits per heavy atom. The van der Waals surface area contributed by atoms with Gasteiger partial charge >= 0.3 is 0 Å². The zero-order valence-electron chi connectivity index (χ0n) is 8.65. The van der Waals surface area contributed by atoms with E-state index in [1.807, 2.05) is 0 Å². The van der Waals surface area contributed by atoms with Gasteiger partial charge in [0.1, 0.15) is 0 Å². The molecule has 0 spiro atoms. The van der Waals surface area contributed by atoms with Crippen molar-refractivity contribution in [1.29, 1.82) is 0 Å². The second-order valence-corrected chi connectivity index (χ2v) is 3.37. The number of amides is 1. The zero-order chi connectivity index (χ0) is 11.6. The normalized spacial score (nSPS) is 9.73. The van der Waals surface area contributed by atoms with Crippen molar-refractivity contribution >= 4 is 23.6 Å². The summed E-state index contributed by atoms with van der Waals surface area (Å²) in [6.45, 7) is 0. The van der Waals surface area contributed by atoms with E-state index in [0.717, 1.165) is 0 Å². The van der Waals surface area contributed by atoms with Gasteiger partial charge in [-0.3, -0.25) is 9.59 Å². The maximum absolute atomic E-state index is 11.1. The molecule has 0 atom stereocenters. The summed E-state index contributed by atoms with van der Waals surface area (Å²) in [5, 5.41) is 0. The van der Waals surface area contributed by atoms with Crippen LogP contribution in [0, 0.1) is 0 Å². The number of rotatable bonds is 3. The maximum Gasteiger partial charge on any atom is 0.250 e. The van der Waals surface area contributed by atoms with Gasteiger partial charge in [0.25, 0.3) is 5.91 Å². The number of aldehydes is 1. The molecule has 0 fully saturated rings. The lowest BCUT2D eigenvalue weighted by molar-refractivity contribution is 0.1000. The fourth-order valence-corrected chi connectivity index (χ4v) is 1.29. The van der Waals surface area contributed by atoms with Crippen molar-refractivity contribution in [2.75, 3.05) is 24.7 Å². The number of nitrogens with zero attached hydrogens (tertiary/aromatic N) is 1. The minimum Gasteiger partial charge on any atom is -0.398 e. The highest BCUT2D eigenvalue weighted by Crippen LogP contribution is 2.24. The molecular formula is C10H13N3O2. The van der Waals surface area contributed by atoms with E-state index in [4.69, 9.17) is 11.5 Å². The Bertz CT molecular complexity index is 413. The van der Waals surface area contributed by atoms with Crippen LogP contribution < -0.4 is 16.4 Å². The molecule has 0 aliphatic heterocycles. The number of nitrogens with two attached hydrogens (primary N) is 2. The predicted octanol–water partition coefficient (Wildman–Crippen LogP) is 0.246. The minimum atomic E-state index is -0.567. The van der Waals surface area contributed by atoms with Gasteiger partial charge in [0.2, 0.25) is 0 Å². The first kappa shape index (κ1) is 11.0. The third-order valence-electron chi connectivity index (χ3n) is 2.08. The average molecular weight is 207 g/mol. The van der Waals surface area contributed by atoms with E-state index >= 15 is 0 Å². The lowest BCUT2D eigenvalue weighted by Crippen LogP contribution is -2.19. The number of hydrogen-bond donors (Lipinski definition) is 2. The molecule has 5 nitrogen and oxygen atoms in total. The highest BCUT2D eigenvalue weighted by atomic mass is 16.1. The first-order chi connectivity index (χ1) is 6.97. The van der Waals surface area contributed by atoms with Gasteiger partial charge in [-0.05, 0) is 12.1 Å². The molecule has 0 bridgehead atoms. The molecular weight excluding hydrogens is 194 g/mol. The van der Waals surface area contributed by atoms with Crippen LogP contribution in [0.1, 0.15) is 20.7 Å². The molecule has 1 aromatic rings. The van der Waals surface area contributed by atoms with E-state index in [-0.39, 0.29) is 5.69 Å². The van der Waals surface area contributed by atoms with E-state index in [2.05, 4.69) is 0 Å². The summed E-state index contributed by atoms with van der Waals surface area (Å²) in [6.07, 6.45) is 0.646. The molecule has 0 saturated carbocycles. The Labute approximate surface area is 87.7 Å². The minimum absolute atomic E-state index is 0.254. The Kier molecular flexibility index (Phi) is 2.94. The second-order valence-electron chi connectivity index (χ2n) is 3.37. The van der Waals surface area contributed by atoms with Crippen LogP contribution in [0.15, 0.2) is 12.1 Å². The molecule has 0 saturated heterocycles. The quantitative estimate of drug-likeness (QED) is 0.549. The molecule has 15 heavy (non-hydrogen) atoms. The van der Waals surface area contributed by atoms with Gasteiger partial charge in [-0.1, -0.05) is 0 Å². The first-order valence-electron chi connectivity index (χ1n) is 4.33. The summed E-state index contributed by atoms with van der Waals surface area (Å²) < 4.78 is 0. The van der Waals surface area contributed by atoms with Gasteiger partial charge in [0, 0.05) is 31.0 Å². The van der Waals surface area contributed by atoms with Crippen molar-refractivity contribution < 1.29 is 9.59 Å². The maximum atomic E-state index is 11.1. The van der Waals surface area contributed by atoms with Gasteiger partial charge in [-0.2, -0.15) is 0 Å². The Hall–Kier alpha value is -2.04. The summed E-state index contributed by atoms with van der Waals surface area (Å²) in [5.41, 5.74) is 12.3. The fourth-order valence-electron chi connectivity index (χ4n) is 1.29. The summed E-state index contributed by atoms with van der Waals surface area (Å²) >= 11 is 0. The van der Waals surface area contributed by atoms with Crippen LogP contribution in [0.3, 0.4) is 0 Å². The summed E-state index contributed by atoms with van der Waals surface area (Å²) in [6, 6.07) is 2.96. The van der Waals surface area contributed by atoms with Crippen LogP contribution in [-0.2, 0) is 0 Å². The van der Waals surface area contributed by atoms with Gasteiger partial charge in [0.05, 0.1) is 5.56 Å². The molecule has 1 amide bonds. The lowest BCUT2D eigenvalue weighted by atomic mass is 10.1. The molecule has 80 valence electrons. The largest absolute Gasteiger partial charge is 0.398 e. The van der Waals surface area contributed by atoms with Gasteiger partial charge in [-0.15, -0.1) is 0 Å². The molecule has 1 rings (SSSR count). The molecule has 0 aromatic heterocycles. The van der Waals surface area contributed by atoms with Crippen LogP contribution >= 0.6 is 0 Å². The molecule has 4 N–H and O–H groups in total. The van der Waals surface area contributed by atoms with Gasteiger partial charge in [-0.25, -0.2) is 0 Å². The second kappa shape index (κ2) is 4.00. The number of carbonyl (C=O) groups is 2. The number of carbonyl (C=O) groups excluding carboxylic acids is 2. The Morgan fingerprint density at radius 3 is 2.40 bits per heavy atom. The van der Waals surface area contributed by atoms with Crippen molar-refractivity contribution in [2.24, 2.45) is 5.73 Å². The smallest absolute Gasteiger partial charge is 0.250 e. The summed E-state index contributed by atoms with van der Waals surface area (Å²) in [4.78, 5) is 23.5. The van der Waals surface area contributed by atoms with E-state index in [9.17, 15) is 9.59 Å². The van der Waals surface area contributed by atoms with Crippen molar-refractivity contribution in [3.63, 3.8) is 0 Å². The number of primary amides is 1.